The van der Waals surface area contributed by atoms with Gasteiger partial charge in [0.25, 0.3) is 5.91 Å². The summed E-state index contributed by atoms with van der Waals surface area (Å²) in [7, 11) is 0. The van der Waals surface area contributed by atoms with E-state index in [-0.39, 0.29) is 5.91 Å². The van der Waals surface area contributed by atoms with E-state index in [4.69, 9.17) is 0 Å². The third kappa shape index (κ3) is 3.28. The molecule has 0 aliphatic rings. The summed E-state index contributed by atoms with van der Waals surface area (Å²) < 4.78 is 0.911. The maximum atomic E-state index is 12.3. The van der Waals surface area contributed by atoms with Gasteiger partial charge in [-0.25, -0.2) is 0 Å². The molecule has 20 heavy (non-hydrogen) atoms. The van der Waals surface area contributed by atoms with Crippen molar-refractivity contribution in [3.05, 3.63) is 63.1 Å². The second kappa shape index (κ2) is 6.23. The van der Waals surface area contributed by atoms with Crippen LogP contribution in [0, 0.1) is 13.8 Å². The van der Waals surface area contributed by atoms with Gasteiger partial charge in [-0.1, -0.05) is 19.1 Å². The molecule has 0 bridgehead atoms. The van der Waals surface area contributed by atoms with Crippen LogP contribution < -0.4 is 5.32 Å². The van der Waals surface area contributed by atoms with E-state index in [9.17, 15) is 4.79 Å². The molecule has 1 N–H and O–H groups in total. The predicted octanol–water partition coefficient (Wildman–Crippen LogP) is 4.88. The van der Waals surface area contributed by atoms with E-state index in [0.717, 1.165) is 22.1 Å². The molecule has 1 amide bonds. The molecule has 0 aromatic heterocycles. The van der Waals surface area contributed by atoms with Gasteiger partial charge in [0.1, 0.15) is 0 Å². The van der Waals surface area contributed by atoms with Crippen molar-refractivity contribution in [2.75, 3.05) is 5.32 Å². The highest BCUT2D eigenvalue weighted by Crippen LogP contribution is 2.24. The third-order valence-electron chi connectivity index (χ3n) is 3.46. The number of aryl methyl sites for hydroxylation is 3. The first-order valence-corrected chi connectivity index (χ1v) is 7.47. The van der Waals surface area contributed by atoms with Gasteiger partial charge in [0.15, 0.2) is 0 Å². The largest absolute Gasteiger partial charge is 0.321 e. The minimum absolute atomic E-state index is 0.0851. The fraction of sp³-hybridized carbons (Fsp3) is 0.235. The fourth-order valence-electron chi connectivity index (χ4n) is 1.96. The summed E-state index contributed by atoms with van der Waals surface area (Å²) in [4.78, 5) is 12.3. The van der Waals surface area contributed by atoms with Crippen LogP contribution in [0.25, 0.3) is 0 Å². The van der Waals surface area contributed by atoms with Crippen LogP contribution >= 0.6 is 15.9 Å². The van der Waals surface area contributed by atoms with E-state index in [1.165, 1.54) is 11.1 Å². The molecule has 0 aliphatic carbocycles. The van der Waals surface area contributed by atoms with E-state index >= 15 is 0 Å². The minimum atomic E-state index is -0.0851. The van der Waals surface area contributed by atoms with Crippen molar-refractivity contribution < 1.29 is 4.79 Å². The van der Waals surface area contributed by atoms with Crippen molar-refractivity contribution in [2.24, 2.45) is 0 Å². The highest BCUT2D eigenvalue weighted by molar-refractivity contribution is 9.10. The molecule has 0 aliphatic heterocycles. The molecule has 0 heterocycles. The molecule has 3 heteroatoms. The molecule has 0 saturated heterocycles. The summed E-state index contributed by atoms with van der Waals surface area (Å²) >= 11 is 3.50. The number of carbonyl (C=O) groups is 1. The van der Waals surface area contributed by atoms with Gasteiger partial charge in [-0.15, -0.1) is 0 Å². The van der Waals surface area contributed by atoms with Gasteiger partial charge in [0.2, 0.25) is 0 Å². The summed E-state index contributed by atoms with van der Waals surface area (Å²) in [5.74, 6) is -0.0851. The Morgan fingerprint density at radius 3 is 2.45 bits per heavy atom. The molecule has 2 nitrogen and oxygen atoms in total. The maximum absolute atomic E-state index is 12.3. The Balaban J connectivity index is 2.21. The van der Waals surface area contributed by atoms with Gasteiger partial charge in [-0.2, -0.15) is 0 Å². The first-order valence-electron chi connectivity index (χ1n) is 6.68. The molecule has 0 unspecified atom stereocenters. The van der Waals surface area contributed by atoms with Crippen molar-refractivity contribution in [3.8, 4) is 0 Å². The van der Waals surface area contributed by atoms with E-state index in [1.54, 1.807) is 0 Å². The Morgan fingerprint density at radius 2 is 1.85 bits per heavy atom. The first kappa shape index (κ1) is 14.8. The quantitative estimate of drug-likeness (QED) is 0.853. The predicted molar refractivity (Wildman–Crippen MR) is 87.4 cm³/mol. The number of carbonyl (C=O) groups excluding carboxylic acids is 1. The lowest BCUT2D eigenvalue weighted by atomic mass is 10.1. The van der Waals surface area contributed by atoms with Crippen LogP contribution in [-0.4, -0.2) is 5.91 Å². The van der Waals surface area contributed by atoms with E-state index in [1.807, 2.05) is 50.2 Å². The number of hydrogen-bond donors (Lipinski definition) is 1. The number of halogens is 1. The standard InChI is InChI=1S/C17H18BrNO/c1-4-13-6-8-16(15(18)10-13)19-17(20)14-7-5-11(2)12(3)9-14/h5-10H,4H2,1-3H3,(H,19,20). The van der Waals surface area contributed by atoms with Crippen molar-refractivity contribution in [1.82, 2.24) is 0 Å². The average Bonchev–Trinajstić information content (AvgIpc) is 2.43. The highest BCUT2D eigenvalue weighted by Gasteiger charge is 2.09. The SMILES string of the molecule is CCc1ccc(NC(=O)c2ccc(C)c(C)c2)c(Br)c1. The summed E-state index contributed by atoms with van der Waals surface area (Å²) in [6.07, 6.45) is 0.976. The van der Waals surface area contributed by atoms with Crippen molar-refractivity contribution in [1.29, 1.82) is 0 Å². The molecule has 2 aromatic carbocycles. The van der Waals surface area contributed by atoms with Crippen molar-refractivity contribution in [2.45, 2.75) is 27.2 Å². The van der Waals surface area contributed by atoms with E-state index in [0.29, 0.717) is 5.56 Å². The Morgan fingerprint density at radius 1 is 1.10 bits per heavy atom. The summed E-state index contributed by atoms with van der Waals surface area (Å²) in [5.41, 5.74) is 5.03. The van der Waals surface area contributed by atoms with E-state index in [2.05, 4.69) is 28.2 Å². The van der Waals surface area contributed by atoms with Gasteiger partial charge in [0, 0.05) is 10.0 Å². The molecule has 0 spiro atoms. The molecule has 0 saturated carbocycles. The van der Waals surface area contributed by atoms with Gasteiger partial charge in [-0.3, -0.25) is 4.79 Å². The monoisotopic (exact) mass is 331 g/mol. The number of hydrogen-bond acceptors (Lipinski definition) is 1. The number of amides is 1. The molecule has 2 rings (SSSR count). The molecule has 0 radical (unpaired) electrons. The van der Waals surface area contributed by atoms with Crippen LogP contribution in [0.1, 0.15) is 34.0 Å². The van der Waals surface area contributed by atoms with Crippen LogP contribution in [0.4, 0.5) is 5.69 Å². The number of rotatable bonds is 3. The zero-order valence-electron chi connectivity index (χ0n) is 12.0. The summed E-state index contributed by atoms with van der Waals surface area (Å²) in [6.45, 7) is 6.16. The molecule has 2 aromatic rings. The molecular formula is C17H18BrNO. The zero-order chi connectivity index (χ0) is 14.7. The number of nitrogens with one attached hydrogen (secondary N) is 1. The Labute approximate surface area is 128 Å². The van der Waals surface area contributed by atoms with Crippen molar-refractivity contribution in [3.63, 3.8) is 0 Å². The van der Waals surface area contributed by atoms with Crippen LogP contribution in [0.3, 0.4) is 0 Å². The maximum Gasteiger partial charge on any atom is 0.255 e. The van der Waals surface area contributed by atoms with Crippen LogP contribution in [0.5, 0.6) is 0 Å². The summed E-state index contributed by atoms with van der Waals surface area (Å²) in [5, 5.41) is 2.94. The molecular weight excluding hydrogens is 314 g/mol. The lowest BCUT2D eigenvalue weighted by Gasteiger charge is -2.10. The Hall–Kier alpha value is -1.61. The molecule has 0 atom stereocenters. The van der Waals surface area contributed by atoms with Gasteiger partial charge < -0.3 is 5.32 Å². The first-order chi connectivity index (χ1) is 9.51. The number of anilines is 1. The Bertz CT molecular complexity index is 649. The molecule has 0 fully saturated rings. The van der Waals surface area contributed by atoms with Crippen molar-refractivity contribution >= 4 is 27.5 Å². The lowest BCUT2D eigenvalue weighted by Crippen LogP contribution is -2.12. The smallest absolute Gasteiger partial charge is 0.255 e. The lowest BCUT2D eigenvalue weighted by molar-refractivity contribution is 0.102. The topological polar surface area (TPSA) is 29.1 Å². The zero-order valence-corrected chi connectivity index (χ0v) is 13.5. The second-order valence-corrected chi connectivity index (χ2v) is 5.78. The fourth-order valence-corrected chi connectivity index (χ4v) is 2.48. The average molecular weight is 332 g/mol. The highest BCUT2D eigenvalue weighted by atomic mass is 79.9. The second-order valence-electron chi connectivity index (χ2n) is 4.92. The third-order valence-corrected chi connectivity index (χ3v) is 4.12. The van der Waals surface area contributed by atoms with E-state index < -0.39 is 0 Å². The number of benzene rings is 2. The van der Waals surface area contributed by atoms with Crippen LogP contribution in [0.2, 0.25) is 0 Å². The van der Waals surface area contributed by atoms with Crippen LogP contribution in [0.15, 0.2) is 40.9 Å². The van der Waals surface area contributed by atoms with Crippen LogP contribution in [-0.2, 0) is 6.42 Å². The normalized spacial score (nSPS) is 10.4. The van der Waals surface area contributed by atoms with Gasteiger partial charge in [-0.05, 0) is 77.2 Å². The Kier molecular flexibility index (Phi) is 4.61. The van der Waals surface area contributed by atoms with Gasteiger partial charge in [0.05, 0.1) is 5.69 Å². The molecule has 104 valence electrons. The van der Waals surface area contributed by atoms with Gasteiger partial charge >= 0.3 is 0 Å². The summed E-state index contributed by atoms with van der Waals surface area (Å²) in [6, 6.07) is 11.7. The minimum Gasteiger partial charge on any atom is -0.321 e.